The number of rotatable bonds is 4. The minimum Gasteiger partial charge on any atom is -0.342 e. The molecule has 2 aromatic heterocycles. The molecule has 1 aliphatic rings. The average molecular weight is 337 g/mol. The smallest absolute Gasteiger partial charge is 0.233 e. The van der Waals surface area contributed by atoms with Gasteiger partial charge >= 0.3 is 0 Å². The zero-order valence-electron chi connectivity index (χ0n) is 12.7. The second-order valence-corrected chi connectivity index (χ2v) is 7.31. The maximum Gasteiger partial charge on any atom is 0.233 e. The van der Waals surface area contributed by atoms with Gasteiger partial charge in [-0.2, -0.15) is 0 Å². The number of aromatic amines is 1. The van der Waals surface area contributed by atoms with Crippen molar-refractivity contribution in [1.82, 2.24) is 25.1 Å². The van der Waals surface area contributed by atoms with Gasteiger partial charge in [0.05, 0.1) is 10.8 Å². The number of aryl methyl sites for hydroxylation is 2. The number of nitrogens with one attached hydrogen (secondary N) is 1. The van der Waals surface area contributed by atoms with E-state index >= 15 is 0 Å². The first-order chi connectivity index (χ1) is 10.6. The van der Waals surface area contributed by atoms with Gasteiger partial charge in [0.15, 0.2) is 0 Å². The van der Waals surface area contributed by atoms with Crippen molar-refractivity contribution < 1.29 is 4.79 Å². The van der Waals surface area contributed by atoms with Crippen LogP contribution in [0.5, 0.6) is 0 Å². The molecule has 0 aliphatic carbocycles. The molecule has 0 bridgehead atoms. The molecule has 1 aliphatic heterocycles. The largest absolute Gasteiger partial charge is 0.342 e. The number of H-pyrrole nitrogens is 1. The van der Waals surface area contributed by atoms with Crippen molar-refractivity contribution in [3.8, 4) is 0 Å². The van der Waals surface area contributed by atoms with Crippen LogP contribution in [0.1, 0.15) is 35.3 Å². The van der Waals surface area contributed by atoms with Crippen LogP contribution in [-0.4, -0.2) is 49.8 Å². The van der Waals surface area contributed by atoms with E-state index in [9.17, 15) is 4.79 Å². The van der Waals surface area contributed by atoms with Crippen molar-refractivity contribution in [2.24, 2.45) is 0 Å². The summed E-state index contributed by atoms with van der Waals surface area (Å²) in [4.78, 5) is 23.0. The second-order valence-electron chi connectivity index (χ2n) is 5.47. The van der Waals surface area contributed by atoms with Crippen LogP contribution in [0.4, 0.5) is 0 Å². The molecule has 0 radical (unpaired) electrons. The highest BCUT2D eigenvalue weighted by atomic mass is 32.2. The Labute approximate surface area is 137 Å². The van der Waals surface area contributed by atoms with Gasteiger partial charge in [-0.05, 0) is 26.7 Å². The zero-order valence-corrected chi connectivity index (χ0v) is 14.3. The fourth-order valence-corrected chi connectivity index (χ4v) is 4.26. The van der Waals surface area contributed by atoms with E-state index in [1.54, 1.807) is 11.3 Å². The van der Waals surface area contributed by atoms with Gasteiger partial charge < -0.3 is 4.90 Å². The molecule has 118 valence electrons. The predicted molar refractivity (Wildman–Crippen MR) is 87.2 cm³/mol. The summed E-state index contributed by atoms with van der Waals surface area (Å²) in [6, 6.07) is 0. The van der Waals surface area contributed by atoms with Crippen molar-refractivity contribution in [2.45, 2.75) is 37.8 Å². The Balaban J connectivity index is 1.47. The second kappa shape index (κ2) is 6.78. The van der Waals surface area contributed by atoms with Gasteiger partial charge in [0.2, 0.25) is 11.1 Å². The summed E-state index contributed by atoms with van der Waals surface area (Å²) in [5.41, 5.74) is 1.09. The fourth-order valence-electron chi connectivity index (χ4n) is 2.54. The third-order valence-electron chi connectivity index (χ3n) is 3.74. The van der Waals surface area contributed by atoms with Crippen molar-refractivity contribution >= 4 is 29.0 Å². The maximum atomic E-state index is 12.3. The summed E-state index contributed by atoms with van der Waals surface area (Å²) in [6.45, 7) is 5.51. The van der Waals surface area contributed by atoms with Gasteiger partial charge in [0, 0.05) is 30.1 Å². The standard InChI is InChI=1S/C14H19N5OS2/c1-9-7-21-13(15-9)11-3-5-19(6-4-11)12(20)8-22-14-16-10(2)17-18-14/h7,11H,3-6,8H2,1-2H3,(H,16,17,18). The van der Waals surface area contributed by atoms with Crippen LogP contribution in [0.15, 0.2) is 10.5 Å². The molecule has 1 saturated heterocycles. The molecule has 0 spiro atoms. The van der Waals surface area contributed by atoms with Gasteiger partial charge in [0.25, 0.3) is 0 Å². The first kappa shape index (κ1) is 15.5. The van der Waals surface area contributed by atoms with E-state index < -0.39 is 0 Å². The van der Waals surface area contributed by atoms with Gasteiger partial charge in [-0.15, -0.1) is 16.4 Å². The van der Waals surface area contributed by atoms with Gasteiger partial charge in [-0.25, -0.2) is 9.97 Å². The van der Waals surface area contributed by atoms with E-state index in [1.807, 2.05) is 18.7 Å². The van der Waals surface area contributed by atoms with Gasteiger partial charge in [-0.3, -0.25) is 9.89 Å². The molecule has 1 amide bonds. The number of piperidine rings is 1. The number of thioether (sulfide) groups is 1. The Morgan fingerprint density at radius 3 is 2.77 bits per heavy atom. The van der Waals surface area contributed by atoms with Gasteiger partial charge in [-0.1, -0.05) is 11.8 Å². The highest BCUT2D eigenvalue weighted by molar-refractivity contribution is 7.99. The molecule has 0 aromatic carbocycles. The average Bonchev–Trinajstić information content (AvgIpc) is 3.13. The number of thiazole rings is 1. The number of carbonyl (C=O) groups is 1. The van der Waals surface area contributed by atoms with E-state index in [1.165, 1.54) is 16.8 Å². The zero-order chi connectivity index (χ0) is 15.5. The van der Waals surface area contributed by atoms with E-state index in [0.717, 1.165) is 37.4 Å². The normalized spacial score (nSPS) is 16.2. The van der Waals surface area contributed by atoms with Crippen molar-refractivity contribution in [3.05, 3.63) is 21.9 Å². The molecular weight excluding hydrogens is 318 g/mol. The van der Waals surface area contributed by atoms with Crippen LogP contribution in [-0.2, 0) is 4.79 Å². The van der Waals surface area contributed by atoms with Crippen LogP contribution in [0.25, 0.3) is 0 Å². The lowest BCUT2D eigenvalue weighted by molar-refractivity contribution is -0.129. The summed E-state index contributed by atoms with van der Waals surface area (Å²) in [6.07, 6.45) is 2.01. The summed E-state index contributed by atoms with van der Waals surface area (Å²) in [5, 5.41) is 10.8. The van der Waals surface area contributed by atoms with Gasteiger partial charge in [0.1, 0.15) is 5.82 Å². The van der Waals surface area contributed by atoms with Crippen LogP contribution < -0.4 is 0 Å². The number of hydrogen-bond donors (Lipinski definition) is 1. The molecule has 1 fully saturated rings. The number of hydrogen-bond acceptors (Lipinski definition) is 6. The molecule has 0 saturated carbocycles. The monoisotopic (exact) mass is 337 g/mol. The Hall–Kier alpha value is -1.41. The van der Waals surface area contributed by atoms with Crippen LogP contribution in [0.2, 0.25) is 0 Å². The Morgan fingerprint density at radius 2 is 2.18 bits per heavy atom. The molecule has 3 heterocycles. The molecule has 2 aromatic rings. The predicted octanol–water partition coefficient (Wildman–Crippen LogP) is 2.38. The SMILES string of the molecule is Cc1csc(C2CCN(C(=O)CSc3n[nH]c(C)n3)CC2)n1. The molecule has 1 N–H and O–H groups in total. The molecule has 0 atom stereocenters. The lowest BCUT2D eigenvalue weighted by Crippen LogP contribution is -2.38. The number of nitrogens with zero attached hydrogens (tertiary/aromatic N) is 4. The van der Waals surface area contributed by atoms with Crippen molar-refractivity contribution in [3.63, 3.8) is 0 Å². The van der Waals surface area contributed by atoms with E-state index in [2.05, 4.69) is 25.5 Å². The molecule has 3 rings (SSSR count). The first-order valence-electron chi connectivity index (χ1n) is 7.33. The number of likely N-dealkylation sites (tertiary alicyclic amines) is 1. The quantitative estimate of drug-likeness (QED) is 0.867. The summed E-state index contributed by atoms with van der Waals surface area (Å²) >= 11 is 3.13. The highest BCUT2D eigenvalue weighted by Crippen LogP contribution is 2.30. The lowest BCUT2D eigenvalue weighted by Gasteiger charge is -2.31. The third kappa shape index (κ3) is 3.67. The van der Waals surface area contributed by atoms with Crippen molar-refractivity contribution in [1.29, 1.82) is 0 Å². The number of amides is 1. The molecule has 6 nitrogen and oxygen atoms in total. The molecular formula is C14H19N5OS2. The molecule has 0 unspecified atom stereocenters. The Morgan fingerprint density at radius 1 is 1.41 bits per heavy atom. The van der Waals surface area contributed by atoms with E-state index in [4.69, 9.17) is 0 Å². The van der Waals surface area contributed by atoms with Crippen LogP contribution >= 0.6 is 23.1 Å². The summed E-state index contributed by atoms with van der Waals surface area (Å²) < 4.78 is 0. The number of carbonyl (C=O) groups excluding carboxylic acids is 1. The first-order valence-corrected chi connectivity index (χ1v) is 9.20. The Kier molecular flexibility index (Phi) is 4.77. The summed E-state index contributed by atoms with van der Waals surface area (Å²) in [7, 11) is 0. The third-order valence-corrected chi connectivity index (χ3v) is 5.69. The fraction of sp³-hybridized carbons (Fsp3) is 0.571. The van der Waals surface area contributed by atoms with E-state index in [-0.39, 0.29) is 5.91 Å². The highest BCUT2D eigenvalue weighted by Gasteiger charge is 2.25. The number of aromatic nitrogens is 4. The topological polar surface area (TPSA) is 74.8 Å². The lowest BCUT2D eigenvalue weighted by atomic mass is 9.97. The van der Waals surface area contributed by atoms with Crippen LogP contribution in [0, 0.1) is 13.8 Å². The summed E-state index contributed by atoms with van der Waals surface area (Å²) in [5.74, 6) is 1.85. The molecule has 8 heteroatoms. The maximum absolute atomic E-state index is 12.3. The van der Waals surface area contributed by atoms with Crippen LogP contribution in [0.3, 0.4) is 0 Å². The minimum atomic E-state index is 0.168. The minimum absolute atomic E-state index is 0.168. The molecule has 22 heavy (non-hydrogen) atoms. The Bertz CT molecular complexity index is 645. The van der Waals surface area contributed by atoms with E-state index in [0.29, 0.717) is 16.8 Å². The van der Waals surface area contributed by atoms with Crippen molar-refractivity contribution in [2.75, 3.05) is 18.8 Å².